The number of nitrogens with zero attached hydrogens (tertiary/aromatic N) is 3. The molecule has 2 aliphatic heterocycles. The van der Waals surface area contributed by atoms with E-state index in [1.54, 1.807) is 29.2 Å². The zero-order chi connectivity index (χ0) is 25.7. The van der Waals surface area contributed by atoms with Crippen LogP contribution in [0, 0.1) is 5.82 Å². The molecular formula is C25H27FN4O5S. The number of hydrogen-bond acceptors (Lipinski definition) is 7. The minimum atomic E-state index is -0.807. The molecule has 2 fully saturated rings. The van der Waals surface area contributed by atoms with Crippen LogP contribution in [0.3, 0.4) is 0 Å². The molecule has 1 atom stereocenters. The number of anilines is 2. The summed E-state index contributed by atoms with van der Waals surface area (Å²) in [5.41, 5.74) is 1.29. The van der Waals surface area contributed by atoms with Crippen LogP contribution in [-0.4, -0.2) is 85.2 Å². The van der Waals surface area contributed by atoms with Crippen molar-refractivity contribution in [1.29, 1.82) is 0 Å². The van der Waals surface area contributed by atoms with E-state index in [0.29, 0.717) is 43.2 Å². The second kappa shape index (κ2) is 11.5. The quantitative estimate of drug-likeness (QED) is 0.424. The van der Waals surface area contributed by atoms with E-state index in [0.717, 1.165) is 13.1 Å². The molecule has 0 unspecified atom stereocenters. The van der Waals surface area contributed by atoms with Crippen molar-refractivity contribution in [3.63, 3.8) is 0 Å². The minimum Gasteiger partial charge on any atom is -0.465 e. The summed E-state index contributed by atoms with van der Waals surface area (Å²) in [4.78, 5) is 43.3. The fourth-order valence-electron chi connectivity index (χ4n) is 4.18. The maximum atomic E-state index is 13.5. The van der Waals surface area contributed by atoms with Gasteiger partial charge in [0.15, 0.2) is 5.11 Å². The lowest BCUT2D eigenvalue weighted by atomic mass is 10.1. The number of halogens is 1. The minimum absolute atomic E-state index is 0.126. The Morgan fingerprint density at radius 2 is 1.75 bits per heavy atom. The summed E-state index contributed by atoms with van der Waals surface area (Å²) in [6.45, 7) is 3.96. The Morgan fingerprint density at radius 3 is 2.39 bits per heavy atom. The molecule has 9 nitrogen and oxygen atoms in total. The lowest BCUT2D eigenvalue weighted by molar-refractivity contribution is -0.124. The topological polar surface area (TPSA) is 91.4 Å². The Bertz CT molecular complexity index is 1120. The van der Waals surface area contributed by atoms with E-state index in [2.05, 4.69) is 15.0 Å². The second-order valence-electron chi connectivity index (χ2n) is 8.42. The van der Waals surface area contributed by atoms with Crippen molar-refractivity contribution in [2.45, 2.75) is 12.5 Å². The highest BCUT2D eigenvalue weighted by atomic mass is 32.1. The molecule has 0 aliphatic carbocycles. The Morgan fingerprint density at radius 1 is 1.08 bits per heavy atom. The molecule has 2 amide bonds. The fraction of sp³-hybridized carbons (Fsp3) is 0.360. The molecule has 2 aliphatic rings. The largest absolute Gasteiger partial charge is 0.465 e. The lowest BCUT2D eigenvalue weighted by Crippen LogP contribution is -2.45. The molecule has 36 heavy (non-hydrogen) atoms. The molecule has 2 saturated heterocycles. The van der Waals surface area contributed by atoms with Gasteiger partial charge in [0.25, 0.3) is 5.91 Å². The number of morpholine rings is 1. The van der Waals surface area contributed by atoms with Gasteiger partial charge < -0.3 is 19.7 Å². The molecule has 0 radical (unpaired) electrons. The van der Waals surface area contributed by atoms with Crippen LogP contribution >= 0.6 is 12.2 Å². The highest BCUT2D eigenvalue weighted by Crippen LogP contribution is 2.27. The van der Waals surface area contributed by atoms with Crippen molar-refractivity contribution < 1.29 is 28.2 Å². The first-order valence-corrected chi connectivity index (χ1v) is 12.0. The molecular weight excluding hydrogens is 487 g/mol. The van der Waals surface area contributed by atoms with Crippen LogP contribution in [-0.2, 0) is 19.1 Å². The van der Waals surface area contributed by atoms with Gasteiger partial charge in [-0.3, -0.25) is 19.4 Å². The van der Waals surface area contributed by atoms with Gasteiger partial charge in [-0.1, -0.05) is 0 Å². The standard InChI is InChI=1S/C25H27FN4O5S/c1-34-24(33)17-2-6-19(7-3-17)27-22(31)16-21-23(32)30(20-8-4-18(26)5-9-20)25(36)29(21)11-10-28-12-14-35-15-13-28/h2-9,21H,10-16H2,1H3,(H,27,31)/t21-/m0/s1. The Labute approximate surface area is 213 Å². The van der Waals surface area contributed by atoms with E-state index in [4.69, 9.17) is 17.0 Å². The van der Waals surface area contributed by atoms with E-state index in [9.17, 15) is 18.8 Å². The Kier molecular flexibility index (Phi) is 8.24. The molecule has 0 saturated carbocycles. The van der Waals surface area contributed by atoms with E-state index >= 15 is 0 Å². The van der Waals surface area contributed by atoms with E-state index in [1.165, 1.54) is 36.3 Å². The molecule has 2 aromatic rings. The molecule has 4 rings (SSSR count). The first kappa shape index (κ1) is 25.7. The Balaban J connectivity index is 1.49. The van der Waals surface area contributed by atoms with Crippen molar-refractivity contribution in [3.8, 4) is 0 Å². The third-order valence-electron chi connectivity index (χ3n) is 6.13. The van der Waals surface area contributed by atoms with Crippen LogP contribution < -0.4 is 10.2 Å². The molecule has 190 valence electrons. The van der Waals surface area contributed by atoms with Crippen LogP contribution in [0.5, 0.6) is 0 Å². The molecule has 2 heterocycles. The first-order chi connectivity index (χ1) is 17.4. The number of rotatable bonds is 8. The van der Waals surface area contributed by atoms with Gasteiger partial charge in [0.1, 0.15) is 11.9 Å². The molecule has 2 aromatic carbocycles. The number of thiocarbonyl (C=S) groups is 1. The van der Waals surface area contributed by atoms with Crippen LogP contribution in [0.1, 0.15) is 16.8 Å². The van der Waals surface area contributed by atoms with Crippen LogP contribution in [0.15, 0.2) is 48.5 Å². The van der Waals surface area contributed by atoms with Crippen molar-refractivity contribution in [1.82, 2.24) is 9.80 Å². The summed E-state index contributed by atoms with van der Waals surface area (Å²) < 4.78 is 23.6. The van der Waals surface area contributed by atoms with E-state index in [1.807, 2.05) is 0 Å². The Hall–Kier alpha value is -3.41. The molecule has 1 N–H and O–H groups in total. The SMILES string of the molecule is COC(=O)c1ccc(NC(=O)C[C@H]2C(=O)N(c3ccc(F)cc3)C(=S)N2CCN2CCOCC2)cc1. The summed E-state index contributed by atoms with van der Waals surface area (Å²) in [7, 11) is 1.29. The normalized spacial score (nSPS) is 18.4. The third-order valence-corrected chi connectivity index (χ3v) is 6.55. The summed E-state index contributed by atoms with van der Waals surface area (Å²) >= 11 is 5.65. The van der Waals surface area contributed by atoms with Gasteiger partial charge in [-0.25, -0.2) is 9.18 Å². The van der Waals surface area contributed by atoms with Crippen molar-refractivity contribution in [2.75, 3.05) is 56.7 Å². The second-order valence-corrected chi connectivity index (χ2v) is 8.78. The molecule has 0 aromatic heterocycles. The zero-order valence-electron chi connectivity index (χ0n) is 19.8. The highest BCUT2D eigenvalue weighted by Gasteiger charge is 2.44. The molecule has 0 bridgehead atoms. The summed E-state index contributed by atoms with van der Waals surface area (Å²) in [5.74, 6) is -1.62. The molecule has 0 spiro atoms. The predicted molar refractivity (Wildman–Crippen MR) is 135 cm³/mol. The van der Waals surface area contributed by atoms with E-state index < -0.39 is 17.8 Å². The zero-order valence-corrected chi connectivity index (χ0v) is 20.6. The predicted octanol–water partition coefficient (Wildman–Crippen LogP) is 2.28. The first-order valence-electron chi connectivity index (χ1n) is 11.6. The van der Waals surface area contributed by atoms with Crippen LogP contribution in [0.25, 0.3) is 0 Å². The van der Waals surface area contributed by atoms with Crippen molar-refractivity contribution >= 4 is 46.5 Å². The van der Waals surface area contributed by atoms with Gasteiger partial charge >= 0.3 is 5.97 Å². The van der Waals surface area contributed by atoms with Crippen LogP contribution in [0.4, 0.5) is 15.8 Å². The maximum absolute atomic E-state index is 13.5. The number of carbonyl (C=O) groups is 3. The number of ether oxygens (including phenoxy) is 2. The van der Waals surface area contributed by atoms with Crippen LogP contribution in [0.2, 0.25) is 0 Å². The molecule has 11 heteroatoms. The number of nitrogens with one attached hydrogen (secondary N) is 1. The summed E-state index contributed by atoms with van der Waals surface area (Å²) in [5, 5.41) is 3.05. The van der Waals surface area contributed by atoms with Gasteiger partial charge in [-0.15, -0.1) is 0 Å². The smallest absolute Gasteiger partial charge is 0.337 e. The number of methoxy groups -OCH3 is 1. The maximum Gasteiger partial charge on any atom is 0.337 e. The number of esters is 1. The lowest BCUT2D eigenvalue weighted by Gasteiger charge is -2.30. The van der Waals surface area contributed by atoms with Crippen molar-refractivity contribution in [2.24, 2.45) is 0 Å². The van der Waals surface area contributed by atoms with Gasteiger partial charge in [0.05, 0.1) is 38.0 Å². The van der Waals surface area contributed by atoms with E-state index in [-0.39, 0.29) is 23.3 Å². The fourth-order valence-corrected chi connectivity index (χ4v) is 4.60. The average Bonchev–Trinajstić information content (AvgIpc) is 3.12. The van der Waals surface area contributed by atoms with Gasteiger partial charge in [0.2, 0.25) is 5.91 Å². The number of hydrogen-bond donors (Lipinski definition) is 1. The monoisotopic (exact) mass is 514 g/mol. The average molecular weight is 515 g/mol. The summed E-state index contributed by atoms with van der Waals surface area (Å²) in [6.07, 6.45) is -0.126. The number of carbonyl (C=O) groups excluding carboxylic acids is 3. The van der Waals surface area contributed by atoms with Gasteiger partial charge in [-0.05, 0) is 60.7 Å². The highest BCUT2D eigenvalue weighted by molar-refractivity contribution is 7.80. The van der Waals surface area contributed by atoms with Gasteiger partial charge in [-0.2, -0.15) is 0 Å². The van der Waals surface area contributed by atoms with Crippen molar-refractivity contribution in [3.05, 3.63) is 59.9 Å². The third kappa shape index (κ3) is 5.86. The van der Waals surface area contributed by atoms with Gasteiger partial charge in [0, 0.05) is 31.9 Å². The number of amides is 2. The number of benzene rings is 2. The summed E-state index contributed by atoms with van der Waals surface area (Å²) in [6, 6.07) is 11.0.